The average Bonchev–Trinajstić information content (AvgIpc) is 2.25. The van der Waals surface area contributed by atoms with Crippen LogP contribution >= 0.6 is 11.6 Å². The number of nitrogens with zero attached hydrogens (tertiary/aromatic N) is 2. The van der Waals surface area contributed by atoms with Crippen LogP contribution in [0.1, 0.15) is 10.4 Å². The molecule has 1 rings (SSSR count). The maximum Gasteiger partial charge on any atom is 0.300 e. The molecule has 0 aliphatic rings. The van der Waals surface area contributed by atoms with Crippen molar-refractivity contribution in [3.8, 4) is 0 Å². The minimum Gasteiger partial charge on any atom is -0.351 e. The molecule has 3 N–H and O–H groups in total. The predicted octanol–water partition coefficient (Wildman–Crippen LogP) is 0.332. The van der Waals surface area contributed by atoms with Gasteiger partial charge in [-0.05, 0) is 6.07 Å². The van der Waals surface area contributed by atoms with E-state index in [0.717, 1.165) is 12.3 Å². The summed E-state index contributed by atoms with van der Waals surface area (Å²) in [5.74, 6) is -0.596. The van der Waals surface area contributed by atoms with Gasteiger partial charge < -0.3 is 11.1 Å². The van der Waals surface area contributed by atoms with Crippen molar-refractivity contribution in [2.75, 3.05) is 13.1 Å². The number of aromatic nitrogens is 1. The lowest BCUT2D eigenvalue weighted by atomic mass is 10.2. The predicted molar refractivity (Wildman–Crippen MR) is 57.3 cm³/mol. The molecule has 0 saturated carbocycles. The van der Waals surface area contributed by atoms with E-state index in [-0.39, 0.29) is 29.5 Å². The molecule has 7 nitrogen and oxygen atoms in total. The van der Waals surface area contributed by atoms with Crippen LogP contribution in [0.4, 0.5) is 5.69 Å². The summed E-state index contributed by atoms with van der Waals surface area (Å²) in [7, 11) is 0. The van der Waals surface area contributed by atoms with Gasteiger partial charge in [0.05, 0.1) is 4.92 Å². The monoisotopic (exact) mass is 244 g/mol. The van der Waals surface area contributed by atoms with Gasteiger partial charge in [0.25, 0.3) is 11.6 Å². The molecule has 0 atom stereocenters. The number of nitrogens with one attached hydrogen (secondary N) is 1. The molecule has 0 unspecified atom stereocenters. The number of hydrogen-bond acceptors (Lipinski definition) is 5. The minimum absolute atomic E-state index is 0.0171. The number of pyridine rings is 1. The average molecular weight is 245 g/mol. The maximum absolute atomic E-state index is 11.5. The van der Waals surface area contributed by atoms with Crippen molar-refractivity contribution in [3.63, 3.8) is 0 Å². The van der Waals surface area contributed by atoms with E-state index in [1.54, 1.807) is 0 Å². The Bertz CT molecular complexity index is 424. The lowest BCUT2D eigenvalue weighted by Crippen LogP contribution is -2.29. The van der Waals surface area contributed by atoms with Crippen LogP contribution in [0.5, 0.6) is 0 Å². The van der Waals surface area contributed by atoms with E-state index in [2.05, 4.69) is 10.3 Å². The topological polar surface area (TPSA) is 111 Å². The maximum atomic E-state index is 11.5. The number of carbonyl (C=O) groups excluding carboxylic acids is 1. The van der Waals surface area contributed by atoms with Crippen LogP contribution in [-0.4, -0.2) is 28.9 Å². The molecule has 8 heteroatoms. The van der Waals surface area contributed by atoms with E-state index in [0.29, 0.717) is 0 Å². The zero-order chi connectivity index (χ0) is 12.1. The molecular formula is C8H9ClN4O3. The molecule has 16 heavy (non-hydrogen) atoms. The van der Waals surface area contributed by atoms with Gasteiger partial charge in [0.15, 0.2) is 0 Å². The van der Waals surface area contributed by atoms with Crippen molar-refractivity contribution in [1.82, 2.24) is 10.3 Å². The molecule has 0 fully saturated rings. The second-order valence-electron chi connectivity index (χ2n) is 2.83. The molecule has 1 aromatic heterocycles. The first kappa shape index (κ1) is 12.3. The lowest BCUT2D eigenvalue weighted by molar-refractivity contribution is -0.385. The minimum atomic E-state index is -0.694. The first-order chi connectivity index (χ1) is 7.56. The Kier molecular flexibility index (Phi) is 4.15. The van der Waals surface area contributed by atoms with E-state index in [1.807, 2.05) is 0 Å². The smallest absolute Gasteiger partial charge is 0.300 e. The molecule has 1 amide bonds. The van der Waals surface area contributed by atoms with Crippen LogP contribution in [0.25, 0.3) is 0 Å². The normalized spacial score (nSPS) is 9.88. The third-order valence-corrected chi connectivity index (χ3v) is 1.93. The Hall–Kier alpha value is -1.73. The summed E-state index contributed by atoms with van der Waals surface area (Å²) in [6.07, 6.45) is 0.944. The Morgan fingerprint density at radius 1 is 1.69 bits per heavy atom. The SMILES string of the molecule is NCCNC(=O)c1cc(Cl)ncc1[N+](=O)[O-]. The van der Waals surface area contributed by atoms with Crippen molar-refractivity contribution in [2.24, 2.45) is 5.73 Å². The van der Waals surface area contributed by atoms with Gasteiger partial charge in [-0.3, -0.25) is 14.9 Å². The first-order valence-corrected chi connectivity index (χ1v) is 4.72. The number of rotatable bonds is 4. The summed E-state index contributed by atoms with van der Waals surface area (Å²) in [6.45, 7) is 0.480. The molecule has 0 bridgehead atoms. The van der Waals surface area contributed by atoms with Gasteiger partial charge in [0, 0.05) is 13.1 Å². The molecule has 1 aromatic rings. The number of nitrogens with two attached hydrogens (primary N) is 1. The molecule has 0 aromatic carbocycles. The third kappa shape index (κ3) is 2.88. The summed E-state index contributed by atoms with van der Waals surface area (Å²) < 4.78 is 0. The van der Waals surface area contributed by atoms with Gasteiger partial charge in [0.1, 0.15) is 16.9 Å². The molecule has 0 spiro atoms. The van der Waals surface area contributed by atoms with Crippen molar-refractivity contribution in [2.45, 2.75) is 0 Å². The van der Waals surface area contributed by atoms with Crippen LogP contribution in [0.3, 0.4) is 0 Å². The van der Waals surface area contributed by atoms with Crippen LogP contribution in [0.15, 0.2) is 12.3 Å². The standard InChI is InChI=1S/C8H9ClN4O3/c9-7-3-5(8(14)11-2-1-10)6(4-12-7)13(15)16/h3-4H,1-2,10H2,(H,11,14). The Morgan fingerprint density at radius 3 is 2.94 bits per heavy atom. The van der Waals surface area contributed by atoms with Gasteiger partial charge in [-0.25, -0.2) is 4.98 Å². The highest BCUT2D eigenvalue weighted by atomic mass is 35.5. The molecule has 0 saturated heterocycles. The summed E-state index contributed by atoms with van der Waals surface area (Å²) in [5.41, 5.74) is 4.68. The fourth-order valence-electron chi connectivity index (χ4n) is 1.03. The second kappa shape index (κ2) is 5.38. The molecule has 0 aliphatic heterocycles. The van der Waals surface area contributed by atoms with Gasteiger partial charge in [0.2, 0.25) is 0 Å². The van der Waals surface area contributed by atoms with Crippen molar-refractivity contribution in [1.29, 1.82) is 0 Å². The number of hydrogen-bond donors (Lipinski definition) is 2. The zero-order valence-electron chi connectivity index (χ0n) is 8.14. The molecular weight excluding hydrogens is 236 g/mol. The lowest BCUT2D eigenvalue weighted by Gasteiger charge is -2.04. The summed E-state index contributed by atoms with van der Waals surface area (Å²) in [6, 6.07) is 1.14. The largest absolute Gasteiger partial charge is 0.351 e. The van der Waals surface area contributed by atoms with E-state index < -0.39 is 10.8 Å². The van der Waals surface area contributed by atoms with Gasteiger partial charge in [-0.1, -0.05) is 11.6 Å². The number of carbonyl (C=O) groups is 1. The highest BCUT2D eigenvalue weighted by Gasteiger charge is 2.20. The van der Waals surface area contributed by atoms with Crippen molar-refractivity contribution < 1.29 is 9.72 Å². The van der Waals surface area contributed by atoms with Crippen LogP contribution in [0.2, 0.25) is 5.15 Å². The van der Waals surface area contributed by atoms with Gasteiger partial charge >= 0.3 is 0 Å². The van der Waals surface area contributed by atoms with Crippen LogP contribution in [-0.2, 0) is 0 Å². The van der Waals surface area contributed by atoms with Gasteiger partial charge in [-0.2, -0.15) is 0 Å². The molecule has 86 valence electrons. The quantitative estimate of drug-likeness (QED) is 0.450. The van der Waals surface area contributed by atoms with Crippen LogP contribution in [0, 0.1) is 10.1 Å². The molecule has 0 aliphatic carbocycles. The number of halogens is 1. The van der Waals surface area contributed by atoms with Crippen LogP contribution < -0.4 is 11.1 Å². The van der Waals surface area contributed by atoms with Crippen molar-refractivity contribution in [3.05, 3.63) is 33.1 Å². The van der Waals surface area contributed by atoms with E-state index >= 15 is 0 Å². The Labute approximate surface area is 95.8 Å². The molecule has 0 radical (unpaired) electrons. The highest BCUT2D eigenvalue weighted by Crippen LogP contribution is 2.19. The molecule has 1 heterocycles. The summed E-state index contributed by atoms with van der Waals surface area (Å²) in [4.78, 5) is 25.0. The van der Waals surface area contributed by atoms with E-state index in [9.17, 15) is 14.9 Å². The summed E-state index contributed by atoms with van der Waals surface area (Å²) >= 11 is 5.56. The highest BCUT2D eigenvalue weighted by molar-refractivity contribution is 6.29. The fraction of sp³-hybridized carbons (Fsp3) is 0.250. The Morgan fingerprint density at radius 2 is 2.38 bits per heavy atom. The zero-order valence-corrected chi connectivity index (χ0v) is 8.90. The van der Waals surface area contributed by atoms with E-state index in [4.69, 9.17) is 17.3 Å². The second-order valence-corrected chi connectivity index (χ2v) is 3.21. The van der Waals surface area contributed by atoms with E-state index in [1.165, 1.54) is 0 Å². The third-order valence-electron chi connectivity index (χ3n) is 1.72. The fourth-order valence-corrected chi connectivity index (χ4v) is 1.19. The van der Waals surface area contributed by atoms with Gasteiger partial charge in [-0.15, -0.1) is 0 Å². The van der Waals surface area contributed by atoms with Crippen molar-refractivity contribution >= 4 is 23.2 Å². The summed E-state index contributed by atoms with van der Waals surface area (Å²) in [5, 5.41) is 13.1. The number of nitro groups is 1. The first-order valence-electron chi connectivity index (χ1n) is 4.34. The number of amides is 1. The Balaban J connectivity index is 3.04.